The number of fused-ring (bicyclic) bond motifs is 1. The van der Waals surface area contributed by atoms with E-state index >= 15 is 0 Å². The van der Waals surface area contributed by atoms with Crippen LogP contribution in [-0.2, 0) is 6.42 Å². The standard InChI is InChI=1S/C22H25N3/c23-17-22(24-19-9-2-1-3-10-19)13-15-25(16-14-22)21-12-6-8-18-7-4-5-11-20(18)21/h1-5,7,9-11,21,24H,6,8,12-16H2/t21-/m1/s1. The van der Waals surface area contributed by atoms with Gasteiger partial charge in [0.1, 0.15) is 5.54 Å². The van der Waals surface area contributed by atoms with Gasteiger partial charge in [0.15, 0.2) is 0 Å². The molecule has 1 aliphatic heterocycles. The van der Waals surface area contributed by atoms with Crippen molar-refractivity contribution in [2.45, 2.75) is 43.7 Å². The number of anilines is 1. The largest absolute Gasteiger partial charge is 0.367 e. The molecule has 0 saturated carbocycles. The molecule has 1 N–H and O–H groups in total. The summed E-state index contributed by atoms with van der Waals surface area (Å²) in [6.07, 6.45) is 5.46. The van der Waals surface area contributed by atoms with Gasteiger partial charge in [0.2, 0.25) is 0 Å². The summed E-state index contributed by atoms with van der Waals surface area (Å²) in [4.78, 5) is 2.60. The van der Waals surface area contributed by atoms with Crippen LogP contribution < -0.4 is 5.32 Å². The van der Waals surface area contributed by atoms with Crippen LogP contribution in [0.3, 0.4) is 0 Å². The Morgan fingerprint density at radius 2 is 1.72 bits per heavy atom. The SMILES string of the molecule is N#CC1(Nc2ccccc2)CCN([C@@H]2CCCc3ccccc32)CC1. The van der Waals surface area contributed by atoms with E-state index in [1.807, 2.05) is 30.3 Å². The third-order valence-electron chi connectivity index (χ3n) is 5.80. The number of benzene rings is 2. The summed E-state index contributed by atoms with van der Waals surface area (Å²) in [5.41, 5.74) is 3.62. The lowest BCUT2D eigenvalue weighted by atomic mass is 9.83. The fourth-order valence-electron chi connectivity index (χ4n) is 4.39. The fraction of sp³-hybridized carbons (Fsp3) is 0.409. The molecule has 1 atom stereocenters. The molecule has 1 fully saturated rings. The minimum absolute atomic E-state index is 0.438. The molecule has 4 rings (SSSR count). The van der Waals surface area contributed by atoms with E-state index in [-0.39, 0.29) is 0 Å². The Kier molecular flexibility index (Phi) is 4.46. The highest BCUT2D eigenvalue weighted by molar-refractivity contribution is 5.47. The molecule has 0 unspecified atom stereocenters. The minimum Gasteiger partial charge on any atom is -0.367 e. The molecule has 2 aromatic rings. The molecule has 1 aliphatic carbocycles. The highest BCUT2D eigenvalue weighted by Gasteiger charge is 2.37. The Labute approximate surface area is 150 Å². The first-order valence-electron chi connectivity index (χ1n) is 9.36. The fourth-order valence-corrected chi connectivity index (χ4v) is 4.39. The van der Waals surface area contributed by atoms with Crippen molar-refractivity contribution < 1.29 is 0 Å². The Hall–Kier alpha value is -2.31. The van der Waals surface area contributed by atoms with Crippen molar-refractivity contribution in [2.24, 2.45) is 0 Å². The van der Waals surface area contributed by atoms with Gasteiger partial charge in [-0.1, -0.05) is 42.5 Å². The van der Waals surface area contributed by atoms with Gasteiger partial charge in [-0.2, -0.15) is 5.26 Å². The average Bonchev–Trinajstić information content (AvgIpc) is 2.69. The molecule has 0 radical (unpaired) electrons. The van der Waals surface area contributed by atoms with Crippen LogP contribution in [0.1, 0.15) is 42.9 Å². The second kappa shape index (κ2) is 6.90. The van der Waals surface area contributed by atoms with Gasteiger partial charge in [-0.25, -0.2) is 0 Å². The molecular weight excluding hydrogens is 306 g/mol. The monoisotopic (exact) mass is 331 g/mol. The first kappa shape index (κ1) is 16.2. The molecule has 25 heavy (non-hydrogen) atoms. The lowest BCUT2D eigenvalue weighted by molar-refractivity contribution is 0.129. The van der Waals surface area contributed by atoms with Crippen LogP contribution in [0.4, 0.5) is 5.69 Å². The summed E-state index contributed by atoms with van der Waals surface area (Å²) in [5, 5.41) is 13.3. The maximum Gasteiger partial charge on any atom is 0.127 e. The van der Waals surface area contributed by atoms with E-state index in [0.717, 1.165) is 31.6 Å². The van der Waals surface area contributed by atoms with E-state index in [1.54, 1.807) is 0 Å². The minimum atomic E-state index is -0.438. The first-order chi connectivity index (χ1) is 12.3. The van der Waals surface area contributed by atoms with Gasteiger partial charge in [0.25, 0.3) is 0 Å². The number of nitriles is 1. The summed E-state index contributed by atoms with van der Waals surface area (Å²) in [6.45, 7) is 1.96. The smallest absolute Gasteiger partial charge is 0.127 e. The van der Waals surface area contributed by atoms with Crippen LogP contribution in [-0.4, -0.2) is 23.5 Å². The van der Waals surface area contributed by atoms with Crippen LogP contribution >= 0.6 is 0 Å². The number of para-hydroxylation sites is 1. The molecule has 3 nitrogen and oxygen atoms in total. The van der Waals surface area contributed by atoms with Gasteiger partial charge in [-0.3, -0.25) is 4.90 Å². The average molecular weight is 331 g/mol. The lowest BCUT2D eigenvalue weighted by Crippen LogP contribution is -2.49. The van der Waals surface area contributed by atoms with Crippen molar-refractivity contribution in [3.05, 3.63) is 65.7 Å². The zero-order chi connectivity index (χ0) is 17.1. The van der Waals surface area contributed by atoms with E-state index < -0.39 is 5.54 Å². The first-order valence-corrected chi connectivity index (χ1v) is 9.36. The Balaban J connectivity index is 1.47. The normalized spacial score (nSPS) is 22.6. The molecule has 3 heteroatoms. The molecule has 1 saturated heterocycles. The van der Waals surface area contributed by atoms with Crippen molar-refractivity contribution in [3.8, 4) is 6.07 Å². The topological polar surface area (TPSA) is 39.1 Å². The number of likely N-dealkylation sites (tertiary alicyclic amines) is 1. The maximum absolute atomic E-state index is 9.83. The van der Waals surface area contributed by atoms with Crippen molar-refractivity contribution in [1.82, 2.24) is 4.90 Å². The number of nitrogens with zero attached hydrogens (tertiary/aromatic N) is 2. The van der Waals surface area contributed by atoms with E-state index in [2.05, 4.69) is 40.6 Å². The van der Waals surface area contributed by atoms with Crippen LogP contribution in [0.2, 0.25) is 0 Å². The summed E-state index contributed by atoms with van der Waals surface area (Å²) in [6, 6.07) is 22.1. The predicted octanol–water partition coefficient (Wildman–Crippen LogP) is 4.53. The van der Waals surface area contributed by atoms with Gasteiger partial charge in [-0.05, 0) is 55.4 Å². The quantitative estimate of drug-likeness (QED) is 0.898. The van der Waals surface area contributed by atoms with Gasteiger partial charge >= 0.3 is 0 Å². The third-order valence-corrected chi connectivity index (χ3v) is 5.80. The highest BCUT2D eigenvalue weighted by atomic mass is 15.2. The second-order valence-corrected chi connectivity index (χ2v) is 7.33. The molecule has 0 bridgehead atoms. The van der Waals surface area contributed by atoms with Crippen LogP contribution in [0, 0.1) is 11.3 Å². The summed E-state index contributed by atoms with van der Waals surface area (Å²) >= 11 is 0. The van der Waals surface area contributed by atoms with Crippen molar-refractivity contribution in [2.75, 3.05) is 18.4 Å². The molecule has 2 aliphatic rings. The van der Waals surface area contributed by atoms with Crippen molar-refractivity contribution in [1.29, 1.82) is 5.26 Å². The molecule has 0 amide bonds. The van der Waals surface area contributed by atoms with Crippen LogP contribution in [0.25, 0.3) is 0 Å². The van der Waals surface area contributed by atoms with Crippen molar-refractivity contribution >= 4 is 5.69 Å². The Morgan fingerprint density at radius 3 is 2.48 bits per heavy atom. The highest BCUT2D eigenvalue weighted by Crippen LogP contribution is 2.37. The van der Waals surface area contributed by atoms with Gasteiger partial charge < -0.3 is 5.32 Å². The van der Waals surface area contributed by atoms with Gasteiger partial charge in [-0.15, -0.1) is 0 Å². The molecule has 2 aromatic carbocycles. The number of rotatable bonds is 3. The molecule has 0 spiro atoms. The second-order valence-electron chi connectivity index (χ2n) is 7.33. The van der Waals surface area contributed by atoms with E-state index in [4.69, 9.17) is 0 Å². The van der Waals surface area contributed by atoms with Crippen LogP contribution in [0.5, 0.6) is 0 Å². The molecular formula is C22H25N3. The van der Waals surface area contributed by atoms with Gasteiger partial charge in [0, 0.05) is 24.8 Å². The van der Waals surface area contributed by atoms with E-state index in [1.165, 1.54) is 30.4 Å². The number of piperidine rings is 1. The van der Waals surface area contributed by atoms with Crippen LogP contribution in [0.15, 0.2) is 54.6 Å². The third kappa shape index (κ3) is 3.27. The zero-order valence-electron chi connectivity index (χ0n) is 14.6. The van der Waals surface area contributed by atoms with Gasteiger partial charge in [0.05, 0.1) is 6.07 Å². The molecule has 128 valence electrons. The maximum atomic E-state index is 9.83. The Bertz CT molecular complexity index is 754. The summed E-state index contributed by atoms with van der Waals surface area (Å²) < 4.78 is 0. The predicted molar refractivity (Wildman–Crippen MR) is 101 cm³/mol. The number of hydrogen-bond donors (Lipinski definition) is 1. The zero-order valence-corrected chi connectivity index (χ0v) is 14.6. The van der Waals surface area contributed by atoms with E-state index in [0.29, 0.717) is 6.04 Å². The summed E-state index contributed by atoms with van der Waals surface area (Å²) in [7, 11) is 0. The number of aryl methyl sites for hydroxylation is 1. The number of hydrogen-bond acceptors (Lipinski definition) is 3. The molecule has 1 heterocycles. The van der Waals surface area contributed by atoms with Crippen molar-refractivity contribution in [3.63, 3.8) is 0 Å². The molecule has 0 aromatic heterocycles. The summed E-state index contributed by atoms with van der Waals surface area (Å²) in [5.74, 6) is 0. The van der Waals surface area contributed by atoms with E-state index in [9.17, 15) is 5.26 Å². The number of nitrogens with one attached hydrogen (secondary N) is 1. The lowest BCUT2D eigenvalue weighted by Gasteiger charge is -2.43. The Morgan fingerprint density at radius 1 is 1.00 bits per heavy atom.